The minimum Gasteiger partial charge on any atom is -0.369 e. The first kappa shape index (κ1) is 28.0. The van der Waals surface area contributed by atoms with Crippen LogP contribution in [0.5, 0.6) is 0 Å². The molecule has 1 saturated heterocycles. The van der Waals surface area contributed by atoms with E-state index in [1.807, 2.05) is 53.4 Å². The van der Waals surface area contributed by atoms with E-state index in [9.17, 15) is 4.79 Å². The van der Waals surface area contributed by atoms with E-state index >= 15 is 0 Å². The largest absolute Gasteiger partial charge is 0.369 e. The summed E-state index contributed by atoms with van der Waals surface area (Å²) < 4.78 is 6.35. The Balaban J connectivity index is 1.43. The maximum absolute atomic E-state index is 12.7. The van der Waals surface area contributed by atoms with E-state index in [1.54, 1.807) is 0 Å². The van der Waals surface area contributed by atoms with Crippen LogP contribution in [0.2, 0.25) is 10.0 Å². The van der Waals surface area contributed by atoms with Crippen LogP contribution in [0.25, 0.3) is 0 Å². The van der Waals surface area contributed by atoms with Crippen molar-refractivity contribution >= 4 is 29.1 Å². The van der Waals surface area contributed by atoms with E-state index < -0.39 is 0 Å². The van der Waals surface area contributed by atoms with Gasteiger partial charge in [0.2, 0.25) is 5.91 Å². The van der Waals surface area contributed by atoms with Gasteiger partial charge in [0, 0.05) is 55.8 Å². The van der Waals surface area contributed by atoms with Gasteiger partial charge in [-0.3, -0.25) is 9.69 Å². The molecule has 2 aromatic carbocycles. The third kappa shape index (κ3) is 9.42. The molecule has 1 fully saturated rings. The third-order valence-corrected chi connectivity index (χ3v) is 6.96. The van der Waals surface area contributed by atoms with Crippen LogP contribution < -0.4 is 0 Å². The Hall–Kier alpha value is -1.59. The summed E-state index contributed by atoms with van der Waals surface area (Å²) in [6.07, 6.45) is 2.51. The summed E-state index contributed by atoms with van der Waals surface area (Å²) in [7, 11) is 0. The number of rotatable bonds is 10. The molecule has 0 N–H and O–H groups in total. The van der Waals surface area contributed by atoms with Gasteiger partial charge < -0.3 is 9.64 Å². The molecule has 4 nitrogen and oxygen atoms in total. The zero-order valence-corrected chi connectivity index (χ0v) is 23.1. The van der Waals surface area contributed by atoms with Gasteiger partial charge in [-0.2, -0.15) is 0 Å². The maximum atomic E-state index is 12.7. The number of nitrogens with zero attached hydrogens (tertiary/aromatic N) is 2. The fourth-order valence-corrected chi connectivity index (χ4v) is 5.17. The lowest BCUT2D eigenvalue weighted by Crippen LogP contribution is -2.49. The minimum absolute atomic E-state index is 0.158. The molecule has 0 bridgehead atoms. The summed E-state index contributed by atoms with van der Waals surface area (Å²) in [6, 6.07) is 15.6. The fourth-order valence-electron chi connectivity index (χ4n) is 4.92. The molecular formula is C29H40Cl2N2O2. The predicted molar refractivity (Wildman–Crippen MR) is 146 cm³/mol. The number of halogens is 2. The Morgan fingerprint density at radius 3 is 1.91 bits per heavy atom. The average Bonchev–Trinajstić information content (AvgIpc) is 2.80. The summed E-state index contributed by atoms with van der Waals surface area (Å²) in [5.74, 6) is 0.727. The lowest BCUT2D eigenvalue weighted by Gasteiger charge is -2.35. The van der Waals surface area contributed by atoms with Gasteiger partial charge in [0.1, 0.15) is 6.10 Å². The smallest absolute Gasteiger partial charge is 0.222 e. The Morgan fingerprint density at radius 1 is 0.914 bits per heavy atom. The van der Waals surface area contributed by atoms with Crippen molar-refractivity contribution in [1.82, 2.24) is 9.80 Å². The van der Waals surface area contributed by atoms with Gasteiger partial charge in [-0.05, 0) is 59.6 Å². The van der Waals surface area contributed by atoms with Crippen molar-refractivity contribution < 1.29 is 9.53 Å². The number of benzene rings is 2. The van der Waals surface area contributed by atoms with E-state index in [4.69, 9.17) is 27.9 Å². The monoisotopic (exact) mass is 518 g/mol. The van der Waals surface area contributed by atoms with Crippen LogP contribution in [0.3, 0.4) is 0 Å². The van der Waals surface area contributed by atoms with Crippen LogP contribution in [-0.4, -0.2) is 55.0 Å². The van der Waals surface area contributed by atoms with E-state index in [1.165, 1.54) is 0 Å². The fraction of sp³-hybridized carbons (Fsp3) is 0.552. The molecule has 3 rings (SSSR count). The first-order chi connectivity index (χ1) is 16.6. The summed E-state index contributed by atoms with van der Waals surface area (Å²) in [6.45, 7) is 14.0. The van der Waals surface area contributed by atoms with Crippen LogP contribution in [-0.2, 0) is 9.53 Å². The van der Waals surface area contributed by atoms with E-state index in [0.29, 0.717) is 34.9 Å². The molecule has 1 aliphatic rings. The highest BCUT2D eigenvalue weighted by molar-refractivity contribution is 6.30. The molecule has 0 saturated carbocycles. The molecule has 1 heterocycles. The highest BCUT2D eigenvalue weighted by Gasteiger charge is 2.24. The lowest BCUT2D eigenvalue weighted by molar-refractivity contribution is -0.134. The molecule has 2 aromatic rings. The molecule has 0 aliphatic carbocycles. The average molecular weight is 520 g/mol. The quantitative estimate of drug-likeness (QED) is 0.314. The second kappa shape index (κ2) is 13.1. The molecular weight excluding hydrogens is 479 g/mol. The van der Waals surface area contributed by atoms with Crippen LogP contribution in [0.15, 0.2) is 48.5 Å². The number of hydrogen-bond donors (Lipinski definition) is 0. The van der Waals surface area contributed by atoms with Crippen molar-refractivity contribution in [1.29, 1.82) is 0 Å². The van der Waals surface area contributed by atoms with E-state index in [-0.39, 0.29) is 11.5 Å². The van der Waals surface area contributed by atoms with Crippen molar-refractivity contribution in [3.05, 3.63) is 69.7 Å². The summed E-state index contributed by atoms with van der Waals surface area (Å²) in [5, 5.41) is 1.43. The Bertz CT molecular complexity index is 872. The van der Waals surface area contributed by atoms with E-state index in [0.717, 1.165) is 56.7 Å². The molecule has 1 atom stereocenters. The third-order valence-electron chi connectivity index (χ3n) is 6.46. The topological polar surface area (TPSA) is 32.8 Å². The highest BCUT2D eigenvalue weighted by Crippen LogP contribution is 2.29. The van der Waals surface area contributed by atoms with Crippen LogP contribution in [0.1, 0.15) is 64.2 Å². The highest BCUT2D eigenvalue weighted by atomic mass is 35.5. The first-order valence-electron chi connectivity index (χ1n) is 12.7. The first-order valence-corrected chi connectivity index (χ1v) is 13.5. The molecule has 35 heavy (non-hydrogen) atoms. The van der Waals surface area contributed by atoms with Crippen molar-refractivity contribution in [3.63, 3.8) is 0 Å². The van der Waals surface area contributed by atoms with Crippen LogP contribution in [0, 0.1) is 11.3 Å². The van der Waals surface area contributed by atoms with Gasteiger partial charge >= 0.3 is 0 Å². The number of carbonyl (C=O) groups excluding carboxylic acids is 1. The standard InChI is InChI=1S/C29H40Cl2N2O2/c1-22(21-29(2,3)4)20-27(34)33-17-15-32(16-18-33)14-5-19-35-28(23-6-10-25(30)11-7-23)24-8-12-26(31)13-9-24/h6-13,22,28H,5,14-21H2,1-4H3/t22-/m1/s1. The number of ether oxygens (including phenoxy) is 1. The van der Waals surface area contributed by atoms with Crippen LogP contribution >= 0.6 is 23.2 Å². The normalized spacial score (nSPS) is 16.0. The van der Waals surface area contributed by atoms with Gasteiger partial charge in [-0.25, -0.2) is 0 Å². The van der Waals surface area contributed by atoms with Crippen molar-refractivity contribution in [3.8, 4) is 0 Å². The molecule has 0 unspecified atom stereocenters. The van der Waals surface area contributed by atoms with Crippen molar-refractivity contribution in [2.45, 2.75) is 53.1 Å². The molecule has 0 radical (unpaired) electrons. The summed E-state index contributed by atoms with van der Waals surface area (Å²) >= 11 is 12.2. The lowest BCUT2D eigenvalue weighted by atomic mass is 9.84. The molecule has 1 amide bonds. The zero-order chi connectivity index (χ0) is 25.4. The number of carbonyl (C=O) groups is 1. The number of piperazine rings is 1. The molecule has 0 spiro atoms. The second-order valence-corrected chi connectivity index (χ2v) is 11.9. The summed E-state index contributed by atoms with van der Waals surface area (Å²) in [4.78, 5) is 17.2. The van der Waals surface area contributed by atoms with Gasteiger partial charge in [0.05, 0.1) is 0 Å². The van der Waals surface area contributed by atoms with Gasteiger partial charge in [0.15, 0.2) is 0 Å². The number of amides is 1. The second-order valence-electron chi connectivity index (χ2n) is 11.0. The van der Waals surface area contributed by atoms with Crippen LogP contribution in [0.4, 0.5) is 0 Å². The Labute approximate surface area is 221 Å². The van der Waals surface area contributed by atoms with E-state index in [2.05, 4.69) is 32.6 Å². The Kier molecular flexibility index (Phi) is 10.5. The minimum atomic E-state index is -0.158. The Morgan fingerprint density at radius 2 is 1.43 bits per heavy atom. The molecule has 192 valence electrons. The molecule has 0 aromatic heterocycles. The van der Waals surface area contributed by atoms with Crippen molar-refractivity contribution in [2.75, 3.05) is 39.3 Å². The van der Waals surface area contributed by atoms with Gasteiger partial charge in [-0.1, -0.05) is 75.2 Å². The summed E-state index contributed by atoms with van der Waals surface area (Å²) in [5.41, 5.74) is 2.41. The predicted octanol–water partition coefficient (Wildman–Crippen LogP) is 7.10. The number of hydrogen-bond acceptors (Lipinski definition) is 3. The SMILES string of the molecule is C[C@H](CC(=O)N1CCN(CCCOC(c2ccc(Cl)cc2)c2ccc(Cl)cc2)CC1)CC(C)(C)C. The van der Waals surface area contributed by atoms with Gasteiger partial charge in [-0.15, -0.1) is 0 Å². The van der Waals surface area contributed by atoms with Gasteiger partial charge in [0.25, 0.3) is 0 Å². The maximum Gasteiger partial charge on any atom is 0.222 e. The van der Waals surface area contributed by atoms with Crippen molar-refractivity contribution in [2.24, 2.45) is 11.3 Å². The molecule has 6 heteroatoms. The zero-order valence-electron chi connectivity index (χ0n) is 21.6. The molecule has 1 aliphatic heterocycles.